The lowest BCUT2D eigenvalue weighted by molar-refractivity contribution is -0.137. The van der Waals surface area contributed by atoms with Gasteiger partial charge in [0.1, 0.15) is 11.4 Å². The van der Waals surface area contributed by atoms with Crippen molar-refractivity contribution < 1.29 is 17.9 Å². The van der Waals surface area contributed by atoms with Crippen LogP contribution >= 0.6 is 11.3 Å². The summed E-state index contributed by atoms with van der Waals surface area (Å²) >= 11 is 1.07. The number of nitrogens with two attached hydrogens (primary N) is 1. The van der Waals surface area contributed by atoms with Gasteiger partial charge in [-0.15, -0.1) is 0 Å². The van der Waals surface area contributed by atoms with Crippen LogP contribution in [-0.4, -0.2) is 4.98 Å². The third-order valence-electron chi connectivity index (χ3n) is 3.27. The smallest absolute Gasteiger partial charge is 0.416 e. The highest BCUT2D eigenvalue weighted by Crippen LogP contribution is 2.40. The SMILES string of the molecule is N#Cc1cccc(-c2nc(N)sc2Oc2ccc(C(F)(F)F)cc2)c1. The molecule has 1 heterocycles. The third-order valence-corrected chi connectivity index (χ3v) is 4.03. The zero-order valence-electron chi connectivity index (χ0n) is 12.5. The van der Waals surface area contributed by atoms with Crippen molar-refractivity contribution in [3.05, 3.63) is 59.7 Å². The van der Waals surface area contributed by atoms with Gasteiger partial charge in [0.15, 0.2) is 5.13 Å². The van der Waals surface area contributed by atoms with Crippen molar-refractivity contribution in [2.45, 2.75) is 6.18 Å². The van der Waals surface area contributed by atoms with E-state index in [9.17, 15) is 13.2 Å². The summed E-state index contributed by atoms with van der Waals surface area (Å²) in [5.41, 5.74) is 6.49. The first-order valence-corrected chi connectivity index (χ1v) is 7.80. The minimum atomic E-state index is -4.41. The number of hydrogen-bond donors (Lipinski definition) is 1. The van der Waals surface area contributed by atoms with Gasteiger partial charge in [-0.1, -0.05) is 23.5 Å². The first kappa shape index (κ1) is 16.8. The Morgan fingerprint density at radius 2 is 1.84 bits per heavy atom. The molecule has 0 aliphatic carbocycles. The molecule has 0 unspecified atom stereocenters. The number of thiazole rings is 1. The first-order chi connectivity index (χ1) is 11.9. The molecule has 0 saturated heterocycles. The molecular formula is C17H10F3N3OS. The van der Waals surface area contributed by atoms with Crippen LogP contribution < -0.4 is 10.5 Å². The van der Waals surface area contributed by atoms with E-state index in [1.54, 1.807) is 24.3 Å². The van der Waals surface area contributed by atoms with Crippen LogP contribution in [0.1, 0.15) is 11.1 Å². The topological polar surface area (TPSA) is 71.9 Å². The number of benzene rings is 2. The number of hydrogen-bond acceptors (Lipinski definition) is 5. The van der Waals surface area contributed by atoms with Crippen molar-refractivity contribution in [1.29, 1.82) is 5.26 Å². The second-order valence-electron chi connectivity index (χ2n) is 5.00. The molecule has 3 rings (SSSR count). The number of nitrogen functional groups attached to an aromatic ring is 1. The van der Waals surface area contributed by atoms with Gasteiger partial charge in [0.25, 0.3) is 0 Å². The molecule has 3 aromatic rings. The monoisotopic (exact) mass is 361 g/mol. The van der Waals surface area contributed by atoms with E-state index < -0.39 is 11.7 Å². The molecule has 2 aromatic carbocycles. The zero-order chi connectivity index (χ0) is 18.0. The lowest BCUT2D eigenvalue weighted by atomic mass is 10.1. The minimum absolute atomic E-state index is 0.231. The van der Waals surface area contributed by atoms with Gasteiger partial charge in [-0.25, -0.2) is 4.98 Å². The normalized spacial score (nSPS) is 11.1. The van der Waals surface area contributed by atoms with E-state index in [4.69, 9.17) is 15.7 Å². The molecule has 2 N–H and O–H groups in total. The second-order valence-corrected chi connectivity index (χ2v) is 6.00. The molecule has 0 amide bonds. The number of alkyl halides is 3. The number of nitrogens with zero attached hydrogens (tertiary/aromatic N) is 2. The van der Waals surface area contributed by atoms with Crippen LogP contribution in [0.2, 0.25) is 0 Å². The fourth-order valence-electron chi connectivity index (χ4n) is 2.13. The molecule has 8 heteroatoms. The molecule has 0 fully saturated rings. The summed E-state index contributed by atoms with van der Waals surface area (Å²) in [6.07, 6.45) is -4.41. The maximum Gasteiger partial charge on any atom is 0.416 e. The molecule has 0 spiro atoms. The second kappa shape index (κ2) is 6.45. The van der Waals surface area contributed by atoms with Crippen LogP contribution in [0.3, 0.4) is 0 Å². The van der Waals surface area contributed by atoms with Crippen LogP contribution in [0.15, 0.2) is 48.5 Å². The molecule has 0 bridgehead atoms. The van der Waals surface area contributed by atoms with Crippen LogP contribution in [-0.2, 0) is 6.18 Å². The molecule has 0 radical (unpaired) electrons. The number of rotatable bonds is 3. The first-order valence-electron chi connectivity index (χ1n) is 6.99. The van der Waals surface area contributed by atoms with Gasteiger partial charge in [0.05, 0.1) is 17.2 Å². The fourth-order valence-corrected chi connectivity index (χ4v) is 2.85. The fraction of sp³-hybridized carbons (Fsp3) is 0.0588. The van der Waals surface area contributed by atoms with Crippen LogP contribution in [0, 0.1) is 11.3 Å². The maximum absolute atomic E-state index is 12.6. The Balaban J connectivity index is 1.92. The molecule has 0 aliphatic heterocycles. The van der Waals surface area contributed by atoms with Gasteiger partial charge in [-0.2, -0.15) is 18.4 Å². The van der Waals surface area contributed by atoms with E-state index in [0.29, 0.717) is 21.9 Å². The van der Waals surface area contributed by atoms with Gasteiger partial charge < -0.3 is 10.5 Å². The van der Waals surface area contributed by atoms with Gasteiger partial charge in [0.2, 0.25) is 5.06 Å². The average molecular weight is 361 g/mol. The molecule has 25 heavy (non-hydrogen) atoms. The van der Waals surface area contributed by atoms with Crippen molar-refractivity contribution >= 4 is 16.5 Å². The average Bonchev–Trinajstić information content (AvgIpc) is 2.95. The summed E-state index contributed by atoms with van der Waals surface area (Å²) in [6.45, 7) is 0. The Morgan fingerprint density at radius 3 is 2.48 bits per heavy atom. The molecular weight excluding hydrogens is 351 g/mol. The molecule has 0 saturated carbocycles. The Morgan fingerprint density at radius 1 is 1.12 bits per heavy atom. The van der Waals surface area contributed by atoms with Crippen molar-refractivity contribution in [1.82, 2.24) is 4.98 Å². The van der Waals surface area contributed by atoms with E-state index in [0.717, 1.165) is 23.5 Å². The molecule has 0 atom stereocenters. The van der Waals surface area contributed by atoms with Gasteiger partial charge in [-0.05, 0) is 36.4 Å². The Labute approximate surface area is 144 Å². The number of nitriles is 1. The Hall–Kier alpha value is -3.05. The van der Waals surface area contributed by atoms with E-state index in [2.05, 4.69) is 4.98 Å². The maximum atomic E-state index is 12.6. The Bertz CT molecular complexity index is 943. The standard InChI is InChI=1S/C17H10F3N3OS/c18-17(19,20)12-4-6-13(7-5-12)24-15-14(23-16(22)25-15)11-3-1-2-10(8-11)9-21/h1-8H,(H2,22,23). The van der Waals surface area contributed by atoms with Crippen LogP contribution in [0.5, 0.6) is 10.8 Å². The number of ether oxygens (including phenoxy) is 1. The largest absolute Gasteiger partial charge is 0.444 e. The summed E-state index contributed by atoms with van der Waals surface area (Å²) in [7, 11) is 0. The molecule has 1 aromatic heterocycles. The quantitative estimate of drug-likeness (QED) is 0.706. The number of aromatic nitrogens is 1. The summed E-state index contributed by atoms with van der Waals surface area (Å²) in [5.74, 6) is 0.231. The minimum Gasteiger partial charge on any atom is -0.444 e. The van der Waals surface area contributed by atoms with Gasteiger partial charge >= 0.3 is 6.18 Å². The van der Waals surface area contributed by atoms with E-state index >= 15 is 0 Å². The highest BCUT2D eigenvalue weighted by Gasteiger charge is 2.30. The lowest BCUT2D eigenvalue weighted by Crippen LogP contribution is -2.03. The van der Waals surface area contributed by atoms with Crippen molar-refractivity contribution in [2.75, 3.05) is 5.73 Å². The molecule has 126 valence electrons. The van der Waals surface area contributed by atoms with E-state index in [-0.39, 0.29) is 10.9 Å². The van der Waals surface area contributed by atoms with Crippen LogP contribution in [0.4, 0.5) is 18.3 Å². The van der Waals surface area contributed by atoms with Crippen molar-refractivity contribution in [3.63, 3.8) is 0 Å². The highest BCUT2D eigenvalue weighted by atomic mass is 32.1. The number of halogens is 3. The van der Waals surface area contributed by atoms with Crippen molar-refractivity contribution in [2.24, 2.45) is 0 Å². The molecule has 4 nitrogen and oxygen atoms in total. The summed E-state index contributed by atoms with van der Waals surface area (Å²) in [6, 6.07) is 13.1. The van der Waals surface area contributed by atoms with Gasteiger partial charge in [-0.3, -0.25) is 0 Å². The lowest BCUT2D eigenvalue weighted by Gasteiger charge is -2.09. The number of anilines is 1. The van der Waals surface area contributed by atoms with E-state index in [1.165, 1.54) is 12.1 Å². The molecule has 0 aliphatic rings. The Kier molecular flexibility index (Phi) is 4.33. The highest BCUT2D eigenvalue weighted by molar-refractivity contribution is 7.17. The predicted molar refractivity (Wildman–Crippen MR) is 88.2 cm³/mol. The van der Waals surface area contributed by atoms with Crippen molar-refractivity contribution in [3.8, 4) is 28.1 Å². The summed E-state index contributed by atoms with van der Waals surface area (Å²) in [4.78, 5) is 4.19. The van der Waals surface area contributed by atoms with E-state index in [1.807, 2.05) is 6.07 Å². The zero-order valence-corrected chi connectivity index (χ0v) is 13.4. The summed E-state index contributed by atoms with van der Waals surface area (Å²) < 4.78 is 43.5. The van der Waals surface area contributed by atoms with Gasteiger partial charge in [0, 0.05) is 5.56 Å². The third kappa shape index (κ3) is 3.72. The predicted octanol–water partition coefficient (Wildman–Crippen LogP) is 5.08. The van der Waals surface area contributed by atoms with Crippen LogP contribution in [0.25, 0.3) is 11.3 Å². The summed E-state index contributed by atoms with van der Waals surface area (Å²) in [5, 5.41) is 9.58.